The van der Waals surface area contributed by atoms with Crippen LogP contribution < -0.4 is 10.5 Å². The van der Waals surface area contributed by atoms with Crippen LogP contribution in [0.5, 0.6) is 5.75 Å². The predicted molar refractivity (Wildman–Crippen MR) is 108 cm³/mol. The van der Waals surface area contributed by atoms with Crippen molar-refractivity contribution in [3.63, 3.8) is 0 Å². The SMILES string of the molecule is CCCCCc1cccc(C2(c3ccc(OC(F)F)cc3)CN(C)C(N)=N2)c1. The average Bonchev–Trinajstić information content (AvgIpc) is 2.98. The molecule has 28 heavy (non-hydrogen) atoms. The van der Waals surface area contributed by atoms with E-state index < -0.39 is 12.2 Å². The molecule has 1 heterocycles. The highest BCUT2D eigenvalue weighted by Crippen LogP contribution is 2.39. The van der Waals surface area contributed by atoms with Crippen LogP contribution in [0, 0.1) is 0 Å². The summed E-state index contributed by atoms with van der Waals surface area (Å²) in [5, 5.41) is 0. The third-order valence-corrected chi connectivity index (χ3v) is 5.19. The molecule has 1 aliphatic heterocycles. The van der Waals surface area contributed by atoms with Gasteiger partial charge in [-0.25, -0.2) is 4.99 Å². The smallest absolute Gasteiger partial charge is 0.387 e. The van der Waals surface area contributed by atoms with Gasteiger partial charge < -0.3 is 15.4 Å². The fraction of sp³-hybridized carbons (Fsp3) is 0.409. The summed E-state index contributed by atoms with van der Waals surface area (Å²) in [5.41, 5.74) is 8.67. The maximum atomic E-state index is 12.5. The van der Waals surface area contributed by atoms with Crippen LogP contribution >= 0.6 is 0 Å². The number of hydrogen-bond donors (Lipinski definition) is 1. The van der Waals surface area contributed by atoms with Crippen LogP contribution in [0.25, 0.3) is 0 Å². The summed E-state index contributed by atoms with van der Waals surface area (Å²) in [4.78, 5) is 6.71. The van der Waals surface area contributed by atoms with Gasteiger partial charge in [0.1, 0.15) is 11.3 Å². The molecule has 0 saturated carbocycles. The Balaban J connectivity index is 1.97. The minimum absolute atomic E-state index is 0.130. The van der Waals surface area contributed by atoms with Gasteiger partial charge in [-0.1, -0.05) is 56.2 Å². The fourth-order valence-electron chi connectivity index (χ4n) is 3.69. The Kier molecular flexibility index (Phi) is 6.17. The summed E-state index contributed by atoms with van der Waals surface area (Å²) in [6, 6.07) is 15.1. The molecule has 2 aromatic carbocycles. The van der Waals surface area contributed by atoms with E-state index in [1.165, 1.54) is 18.4 Å². The molecule has 0 fully saturated rings. The molecular weight excluding hydrogens is 360 g/mol. The average molecular weight is 387 g/mol. The van der Waals surface area contributed by atoms with E-state index in [9.17, 15) is 8.78 Å². The molecule has 1 atom stereocenters. The number of alkyl halides is 2. The molecule has 1 aliphatic rings. The van der Waals surface area contributed by atoms with Gasteiger partial charge in [0.15, 0.2) is 5.96 Å². The topological polar surface area (TPSA) is 50.9 Å². The van der Waals surface area contributed by atoms with Crippen LogP contribution in [0.1, 0.15) is 42.9 Å². The van der Waals surface area contributed by atoms with E-state index in [-0.39, 0.29) is 5.75 Å². The fourth-order valence-corrected chi connectivity index (χ4v) is 3.69. The second-order valence-electron chi connectivity index (χ2n) is 7.25. The lowest BCUT2D eigenvalue weighted by molar-refractivity contribution is -0.0498. The molecule has 0 bridgehead atoms. The maximum absolute atomic E-state index is 12.5. The van der Waals surface area contributed by atoms with Crippen LogP contribution in [0.15, 0.2) is 53.5 Å². The Morgan fingerprint density at radius 1 is 1.14 bits per heavy atom. The highest BCUT2D eigenvalue weighted by molar-refractivity contribution is 5.81. The van der Waals surface area contributed by atoms with E-state index in [0.29, 0.717) is 12.5 Å². The van der Waals surface area contributed by atoms with Gasteiger partial charge in [0.2, 0.25) is 0 Å². The largest absolute Gasteiger partial charge is 0.435 e. The van der Waals surface area contributed by atoms with Crippen LogP contribution in [-0.4, -0.2) is 31.1 Å². The van der Waals surface area contributed by atoms with E-state index >= 15 is 0 Å². The first kappa shape index (κ1) is 20.1. The normalized spacial score (nSPS) is 19.2. The van der Waals surface area contributed by atoms with Gasteiger partial charge in [0, 0.05) is 7.05 Å². The Bertz CT molecular complexity index is 823. The number of rotatable bonds is 8. The highest BCUT2D eigenvalue weighted by atomic mass is 19.3. The van der Waals surface area contributed by atoms with Crippen LogP contribution in [0.2, 0.25) is 0 Å². The van der Waals surface area contributed by atoms with E-state index in [1.807, 2.05) is 11.9 Å². The monoisotopic (exact) mass is 387 g/mol. The zero-order chi connectivity index (χ0) is 20.1. The molecule has 0 aliphatic carbocycles. The van der Waals surface area contributed by atoms with E-state index in [4.69, 9.17) is 10.7 Å². The quantitative estimate of drug-likeness (QED) is 0.678. The summed E-state index contributed by atoms with van der Waals surface area (Å²) in [7, 11) is 1.90. The summed E-state index contributed by atoms with van der Waals surface area (Å²) in [5.74, 6) is 0.592. The molecule has 0 amide bonds. The van der Waals surface area contributed by atoms with Crippen molar-refractivity contribution in [2.24, 2.45) is 10.7 Å². The number of guanidine groups is 1. The molecule has 6 heteroatoms. The van der Waals surface area contributed by atoms with Crippen molar-refractivity contribution < 1.29 is 13.5 Å². The lowest BCUT2D eigenvalue weighted by Crippen LogP contribution is -2.34. The number of nitrogens with two attached hydrogens (primary N) is 1. The number of hydrogen-bond acceptors (Lipinski definition) is 4. The van der Waals surface area contributed by atoms with Crippen molar-refractivity contribution in [3.05, 3.63) is 65.2 Å². The van der Waals surface area contributed by atoms with Gasteiger partial charge in [0.05, 0.1) is 6.54 Å². The molecule has 3 rings (SSSR count). The Hall–Kier alpha value is -2.63. The molecule has 2 aromatic rings. The standard InChI is InChI=1S/C22H27F2N3O/c1-3-4-5-7-16-8-6-9-18(14-16)22(15-27(2)21(25)26-22)17-10-12-19(13-11-17)28-20(23)24/h6,8-14,20H,3-5,7,15H2,1-2H3,(H2,25,26). The first-order valence-electron chi connectivity index (χ1n) is 9.66. The molecule has 0 aromatic heterocycles. The molecule has 150 valence electrons. The van der Waals surface area contributed by atoms with E-state index in [0.717, 1.165) is 24.0 Å². The number of aryl methyl sites for hydroxylation is 1. The van der Waals surface area contributed by atoms with Gasteiger partial charge in [-0.3, -0.25) is 0 Å². The first-order chi connectivity index (χ1) is 13.4. The maximum Gasteiger partial charge on any atom is 0.387 e. The first-order valence-corrected chi connectivity index (χ1v) is 9.66. The molecular formula is C22H27F2N3O. The molecule has 0 saturated heterocycles. The second kappa shape index (κ2) is 8.59. The summed E-state index contributed by atoms with van der Waals surface area (Å²) in [6.45, 7) is -0.0590. The molecule has 0 radical (unpaired) electrons. The lowest BCUT2D eigenvalue weighted by Gasteiger charge is -2.28. The number of unbranched alkanes of at least 4 members (excludes halogenated alkanes) is 2. The van der Waals surface area contributed by atoms with Gasteiger partial charge in [-0.05, 0) is 41.7 Å². The van der Waals surface area contributed by atoms with E-state index in [1.54, 1.807) is 24.3 Å². The van der Waals surface area contributed by atoms with Gasteiger partial charge in [-0.2, -0.15) is 8.78 Å². The number of likely N-dealkylation sites (N-methyl/N-ethyl adjacent to an activating group) is 1. The summed E-state index contributed by atoms with van der Waals surface area (Å²) >= 11 is 0. The number of ether oxygens (including phenoxy) is 1. The lowest BCUT2D eigenvalue weighted by atomic mass is 9.82. The van der Waals surface area contributed by atoms with Crippen molar-refractivity contribution >= 4 is 5.96 Å². The Morgan fingerprint density at radius 3 is 2.50 bits per heavy atom. The van der Waals surface area contributed by atoms with Crippen LogP contribution in [-0.2, 0) is 12.0 Å². The van der Waals surface area contributed by atoms with Gasteiger partial charge in [0.25, 0.3) is 0 Å². The van der Waals surface area contributed by atoms with Crippen molar-refractivity contribution in [1.82, 2.24) is 4.90 Å². The van der Waals surface area contributed by atoms with Crippen LogP contribution in [0.3, 0.4) is 0 Å². The Morgan fingerprint density at radius 2 is 1.89 bits per heavy atom. The van der Waals surface area contributed by atoms with Gasteiger partial charge >= 0.3 is 6.61 Å². The van der Waals surface area contributed by atoms with Crippen molar-refractivity contribution in [2.75, 3.05) is 13.6 Å². The number of nitrogens with zero attached hydrogens (tertiary/aromatic N) is 2. The van der Waals surface area contributed by atoms with E-state index in [2.05, 4.69) is 35.9 Å². The molecule has 1 unspecified atom stereocenters. The zero-order valence-electron chi connectivity index (χ0n) is 16.4. The molecule has 0 spiro atoms. The highest BCUT2D eigenvalue weighted by Gasteiger charge is 2.40. The number of halogens is 2. The summed E-state index contributed by atoms with van der Waals surface area (Å²) in [6.07, 6.45) is 4.56. The summed E-state index contributed by atoms with van der Waals surface area (Å²) < 4.78 is 29.4. The zero-order valence-corrected chi connectivity index (χ0v) is 16.4. The minimum atomic E-state index is -2.84. The predicted octanol–water partition coefficient (Wildman–Crippen LogP) is 4.52. The van der Waals surface area contributed by atoms with Crippen molar-refractivity contribution in [3.8, 4) is 5.75 Å². The van der Waals surface area contributed by atoms with Crippen LogP contribution in [0.4, 0.5) is 8.78 Å². The second-order valence-corrected chi connectivity index (χ2v) is 7.25. The minimum Gasteiger partial charge on any atom is -0.435 e. The van der Waals surface area contributed by atoms with Crippen molar-refractivity contribution in [1.29, 1.82) is 0 Å². The number of aliphatic imine (C=N–C) groups is 1. The van der Waals surface area contributed by atoms with Crippen molar-refractivity contribution in [2.45, 2.75) is 44.8 Å². The molecule has 2 N–H and O–H groups in total. The Labute approximate surface area is 165 Å². The third-order valence-electron chi connectivity index (χ3n) is 5.19. The molecule has 4 nitrogen and oxygen atoms in total. The number of benzene rings is 2. The third kappa shape index (κ3) is 4.26. The van der Waals surface area contributed by atoms with Gasteiger partial charge in [-0.15, -0.1) is 0 Å².